The summed E-state index contributed by atoms with van der Waals surface area (Å²) in [4.78, 5) is 17.4. The summed E-state index contributed by atoms with van der Waals surface area (Å²) in [6.07, 6.45) is 3.64. The van der Waals surface area contributed by atoms with Crippen molar-refractivity contribution in [2.24, 2.45) is 7.05 Å². The van der Waals surface area contributed by atoms with Gasteiger partial charge in [-0.1, -0.05) is 30.3 Å². The molecule has 0 aliphatic rings. The van der Waals surface area contributed by atoms with Crippen LogP contribution in [0.3, 0.4) is 0 Å². The first kappa shape index (κ1) is 23.5. The maximum absolute atomic E-state index is 12.9. The van der Waals surface area contributed by atoms with Crippen molar-refractivity contribution < 1.29 is 17.9 Å². The maximum atomic E-state index is 12.9. The van der Waals surface area contributed by atoms with Gasteiger partial charge in [0, 0.05) is 25.1 Å². The van der Waals surface area contributed by atoms with Crippen LogP contribution in [0.15, 0.2) is 82.6 Å². The molecule has 8 nitrogen and oxygen atoms in total. The first-order chi connectivity index (χ1) is 16.4. The number of nitrogens with one attached hydrogen (secondary N) is 2. The first-order valence-electron chi connectivity index (χ1n) is 10.4. The van der Waals surface area contributed by atoms with Gasteiger partial charge < -0.3 is 14.6 Å². The van der Waals surface area contributed by atoms with E-state index in [4.69, 9.17) is 4.74 Å². The summed E-state index contributed by atoms with van der Waals surface area (Å²) >= 11 is 1.15. The quantitative estimate of drug-likeness (QED) is 0.368. The molecule has 0 radical (unpaired) electrons. The van der Waals surface area contributed by atoms with Crippen LogP contribution in [-0.2, 0) is 28.3 Å². The Labute approximate surface area is 202 Å². The van der Waals surface area contributed by atoms with E-state index in [1.807, 2.05) is 42.1 Å². The molecule has 2 aromatic carbocycles. The molecule has 0 fully saturated rings. The molecule has 2 heterocycles. The van der Waals surface area contributed by atoms with E-state index < -0.39 is 16.1 Å². The van der Waals surface area contributed by atoms with Gasteiger partial charge in [-0.25, -0.2) is 13.4 Å². The molecule has 0 saturated carbocycles. The Balaban J connectivity index is 1.47. The molecular weight excluding hydrogens is 472 g/mol. The van der Waals surface area contributed by atoms with Gasteiger partial charge in [0.05, 0.1) is 13.5 Å². The Kier molecular flexibility index (Phi) is 6.99. The normalized spacial score (nSPS) is 12.2. The summed E-state index contributed by atoms with van der Waals surface area (Å²) in [5, 5.41) is 4.77. The molecule has 0 spiro atoms. The Morgan fingerprint density at radius 1 is 1.15 bits per heavy atom. The molecule has 1 unspecified atom stereocenters. The Morgan fingerprint density at radius 2 is 1.94 bits per heavy atom. The van der Waals surface area contributed by atoms with E-state index >= 15 is 0 Å². The highest BCUT2D eigenvalue weighted by molar-refractivity contribution is 7.94. The average Bonchev–Trinajstić information content (AvgIpc) is 3.51. The number of hydrogen-bond acceptors (Lipinski definition) is 6. The van der Waals surface area contributed by atoms with Crippen LogP contribution in [0.5, 0.6) is 5.75 Å². The monoisotopic (exact) mass is 496 g/mol. The minimum Gasteiger partial charge on any atom is -0.497 e. The molecule has 2 N–H and O–H groups in total. The molecule has 34 heavy (non-hydrogen) atoms. The maximum Gasteiger partial charge on any atom is 0.271 e. The standard InChI is InChI=1S/C24H24N4O4S2/c1-28-13-12-25-24(28)23(18-5-3-6-20(16-18)32-2)26-21(29)15-17-8-10-19(11-9-17)27-34(30,31)22-7-4-14-33-22/h3-14,16,23,27H,15H2,1-2H3,(H,26,29). The van der Waals surface area contributed by atoms with Crippen molar-refractivity contribution in [2.45, 2.75) is 16.7 Å². The fraction of sp³-hybridized carbons (Fsp3) is 0.167. The number of carbonyl (C=O) groups excluding carboxylic acids is 1. The van der Waals surface area contributed by atoms with Crippen molar-refractivity contribution in [3.63, 3.8) is 0 Å². The number of aromatic nitrogens is 2. The fourth-order valence-electron chi connectivity index (χ4n) is 3.48. The Morgan fingerprint density at radius 3 is 2.59 bits per heavy atom. The van der Waals surface area contributed by atoms with Crippen LogP contribution in [0.2, 0.25) is 0 Å². The topological polar surface area (TPSA) is 102 Å². The number of sulfonamides is 1. The number of ether oxygens (including phenoxy) is 1. The van der Waals surface area contributed by atoms with E-state index in [0.717, 1.165) is 22.5 Å². The fourth-order valence-corrected chi connectivity index (χ4v) is 5.53. The van der Waals surface area contributed by atoms with Crippen molar-refractivity contribution in [3.05, 3.63) is 95.4 Å². The lowest BCUT2D eigenvalue weighted by atomic mass is 10.0. The van der Waals surface area contributed by atoms with Gasteiger partial charge in [-0.05, 0) is 46.8 Å². The molecule has 176 valence electrons. The number of benzene rings is 2. The molecule has 0 bridgehead atoms. The van der Waals surface area contributed by atoms with E-state index in [9.17, 15) is 13.2 Å². The largest absolute Gasteiger partial charge is 0.497 e. The van der Waals surface area contributed by atoms with E-state index in [0.29, 0.717) is 17.3 Å². The zero-order chi connectivity index (χ0) is 24.1. The highest BCUT2D eigenvalue weighted by atomic mass is 32.2. The van der Waals surface area contributed by atoms with Gasteiger partial charge in [0.15, 0.2) is 0 Å². The molecule has 1 atom stereocenters. The minimum absolute atomic E-state index is 0.128. The molecule has 4 rings (SSSR count). The molecule has 10 heteroatoms. The molecule has 1 amide bonds. The van der Waals surface area contributed by atoms with Crippen LogP contribution < -0.4 is 14.8 Å². The molecule has 2 aromatic heterocycles. The number of hydrogen-bond donors (Lipinski definition) is 2. The van der Waals surface area contributed by atoms with Crippen molar-refractivity contribution in [3.8, 4) is 5.75 Å². The molecule has 0 aliphatic heterocycles. The first-order valence-corrected chi connectivity index (χ1v) is 12.8. The number of imidazole rings is 1. The van der Waals surface area contributed by atoms with Gasteiger partial charge in [-0.3, -0.25) is 9.52 Å². The van der Waals surface area contributed by atoms with Gasteiger partial charge in [0.2, 0.25) is 5.91 Å². The lowest BCUT2D eigenvalue weighted by molar-refractivity contribution is -0.121. The van der Waals surface area contributed by atoms with Crippen molar-refractivity contribution in [2.75, 3.05) is 11.8 Å². The molecular formula is C24H24N4O4S2. The number of carbonyl (C=O) groups is 1. The lowest BCUT2D eigenvalue weighted by Crippen LogP contribution is -2.32. The second kappa shape index (κ2) is 10.1. The van der Waals surface area contributed by atoms with Gasteiger partial charge in [0.25, 0.3) is 10.0 Å². The summed E-state index contributed by atoms with van der Waals surface area (Å²) < 4.78 is 34.8. The van der Waals surface area contributed by atoms with E-state index in [1.165, 1.54) is 0 Å². The van der Waals surface area contributed by atoms with Gasteiger partial charge in [-0.15, -0.1) is 11.3 Å². The van der Waals surface area contributed by atoms with Crippen molar-refractivity contribution >= 4 is 33.0 Å². The third-order valence-electron chi connectivity index (χ3n) is 5.18. The van der Waals surface area contributed by atoms with Gasteiger partial charge in [0.1, 0.15) is 21.8 Å². The van der Waals surface area contributed by atoms with E-state index in [-0.39, 0.29) is 16.5 Å². The predicted octanol–water partition coefficient (Wildman–Crippen LogP) is 3.74. The van der Waals surface area contributed by atoms with E-state index in [2.05, 4.69) is 15.0 Å². The van der Waals surface area contributed by atoms with Crippen molar-refractivity contribution in [1.82, 2.24) is 14.9 Å². The van der Waals surface area contributed by atoms with Crippen LogP contribution in [0.1, 0.15) is 23.0 Å². The lowest BCUT2D eigenvalue weighted by Gasteiger charge is -2.20. The summed E-state index contributed by atoms with van der Waals surface area (Å²) in [6, 6.07) is 17.0. The third-order valence-corrected chi connectivity index (χ3v) is 7.96. The number of aryl methyl sites for hydroxylation is 1. The minimum atomic E-state index is -3.62. The summed E-state index contributed by atoms with van der Waals surface area (Å²) in [5.41, 5.74) is 2.03. The summed E-state index contributed by atoms with van der Waals surface area (Å²) in [5.74, 6) is 1.19. The SMILES string of the molecule is COc1cccc(C(NC(=O)Cc2ccc(NS(=O)(=O)c3cccs3)cc2)c2nccn2C)c1. The Hall–Kier alpha value is -3.63. The number of amides is 1. The van der Waals surface area contributed by atoms with Gasteiger partial charge in [-0.2, -0.15) is 0 Å². The Bertz CT molecular complexity index is 1360. The number of methoxy groups -OCH3 is 1. The third kappa shape index (κ3) is 5.46. The van der Waals surface area contributed by atoms with Crippen molar-refractivity contribution in [1.29, 1.82) is 0 Å². The molecule has 0 aliphatic carbocycles. The zero-order valence-electron chi connectivity index (χ0n) is 18.6. The molecule has 0 saturated heterocycles. The van der Waals surface area contributed by atoms with Gasteiger partial charge >= 0.3 is 0 Å². The highest BCUT2D eigenvalue weighted by Gasteiger charge is 2.21. The second-order valence-electron chi connectivity index (χ2n) is 7.58. The summed E-state index contributed by atoms with van der Waals surface area (Å²) in [6.45, 7) is 0. The smallest absolute Gasteiger partial charge is 0.271 e. The zero-order valence-corrected chi connectivity index (χ0v) is 20.3. The van der Waals surface area contributed by atoms with Crippen LogP contribution in [-0.4, -0.2) is 31.0 Å². The average molecular weight is 497 g/mol. The second-order valence-corrected chi connectivity index (χ2v) is 10.4. The molecule has 4 aromatic rings. The predicted molar refractivity (Wildman–Crippen MR) is 131 cm³/mol. The van der Waals surface area contributed by atoms with E-state index in [1.54, 1.807) is 55.1 Å². The number of rotatable bonds is 9. The summed E-state index contributed by atoms with van der Waals surface area (Å²) in [7, 11) is -0.150. The number of nitrogens with zero attached hydrogens (tertiary/aromatic N) is 2. The number of anilines is 1. The van der Waals surface area contributed by atoms with Crippen LogP contribution >= 0.6 is 11.3 Å². The van der Waals surface area contributed by atoms with Crippen LogP contribution in [0.4, 0.5) is 5.69 Å². The van der Waals surface area contributed by atoms with Crippen LogP contribution in [0.25, 0.3) is 0 Å². The van der Waals surface area contributed by atoms with Crippen LogP contribution in [0, 0.1) is 0 Å². The number of thiophene rings is 1. The highest BCUT2D eigenvalue weighted by Crippen LogP contribution is 2.25.